The summed E-state index contributed by atoms with van der Waals surface area (Å²) in [7, 11) is 0. The summed E-state index contributed by atoms with van der Waals surface area (Å²) < 4.78 is 0. The minimum atomic E-state index is -0.262. The van der Waals surface area contributed by atoms with Crippen molar-refractivity contribution >= 4 is 17.5 Å². The summed E-state index contributed by atoms with van der Waals surface area (Å²) in [5.41, 5.74) is 1.76. The van der Waals surface area contributed by atoms with E-state index < -0.39 is 0 Å². The minimum Gasteiger partial charge on any atom is -0.394 e. The molecule has 2 saturated carbocycles. The molecule has 2 aliphatic rings. The highest BCUT2D eigenvalue weighted by Crippen LogP contribution is 2.48. The van der Waals surface area contributed by atoms with Crippen LogP contribution in [0.2, 0.25) is 5.02 Å². The molecular weight excluding hydrogens is 384 g/mol. The van der Waals surface area contributed by atoms with Crippen LogP contribution in [0.15, 0.2) is 18.2 Å². The van der Waals surface area contributed by atoms with Crippen molar-refractivity contribution in [3.8, 4) is 0 Å². The molecule has 0 aliphatic heterocycles. The molecule has 4 nitrogen and oxygen atoms in total. The summed E-state index contributed by atoms with van der Waals surface area (Å²) in [6, 6.07) is 5.78. The molecule has 0 heterocycles. The Balaban J connectivity index is 1.54. The Hall–Kier alpha value is -1.10. The van der Waals surface area contributed by atoms with Crippen LogP contribution in [0.25, 0.3) is 0 Å². The van der Waals surface area contributed by atoms with Gasteiger partial charge < -0.3 is 15.7 Å². The quantitative estimate of drug-likeness (QED) is 0.506. The first-order chi connectivity index (χ1) is 13.8. The molecule has 1 amide bonds. The Morgan fingerprint density at radius 2 is 2.00 bits per heavy atom. The van der Waals surface area contributed by atoms with E-state index in [2.05, 4.69) is 10.6 Å². The second kappa shape index (κ2) is 9.80. The van der Waals surface area contributed by atoms with Crippen molar-refractivity contribution in [1.29, 1.82) is 0 Å². The zero-order chi connectivity index (χ0) is 20.9. The maximum absolute atomic E-state index is 12.9. The number of benzene rings is 1. The first kappa shape index (κ1) is 22.6. The molecule has 0 spiro atoms. The van der Waals surface area contributed by atoms with Gasteiger partial charge in [-0.25, -0.2) is 0 Å². The van der Waals surface area contributed by atoms with Crippen LogP contribution in [-0.4, -0.2) is 36.2 Å². The van der Waals surface area contributed by atoms with E-state index in [1.54, 1.807) is 0 Å². The van der Waals surface area contributed by atoms with E-state index in [1.807, 2.05) is 32.0 Å². The van der Waals surface area contributed by atoms with Gasteiger partial charge in [0.15, 0.2) is 0 Å². The van der Waals surface area contributed by atoms with Crippen LogP contribution in [0.4, 0.5) is 0 Å². The molecule has 0 aromatic heterocycles. The Labute approximate surface area is 180 Å². The maximum Gasteiger partial charge on any atom is 0.252 e. The molecule has 0 saturated heterocycles. The lowest BCUT2D eigenvalue weighted by atomic mass is 9.62. The Morgan fingerprint density at radius 3 is 2.69 bits per heavy atom. The van der Waals surface area contributed by atoms with E-state index in [0.717, 1.165) is 37.4 Å². The number of amides is 1. The van der Waals surface area contributed by atoms with Gasteiger partial charge >= 0.3 is 0 Å². The summed E-state index contributed by atoms with van der Waals surface area (Å²) >= 11 is 6.35. The summed E-state index contributed by atoms with van der Waals surface area (Å²) in [5.74, 6) is 0.823. The molecule has 29 heavy (non-hydrogen) atoms. The van der Waals surface area contributed by atoms with Crippen molar-refractivity contribution in [3.63, 3.8) is 0 Å². The van der Waals surface area contributed by atoms with Gasteiger partial charge in [-0.2, -0.15) is 0 Å². The molecule has 1 aromatic rings. The second-order valence-electron chi connectivity index (χ2n) is 9.92. The van der Waals surface area contributed by atoms with Crippen molar-refractivity contribution in [2.75, 3.05) is 19.7 Å². The van der Waals surface area contributed by atoms with Crippen molar-refractivity contribution < 1.29 is 9.90 Å². The van der Waals surface area contributed by atoms with Crippen LogP contribution >= 0.6 is 11.6 Å². The van der Waals surface area contributed by atoms with E-state index in [-0.39, 0.29) is 18.1 Å². The molecule has 2 bridgehead atoms. The number of rotatable bonds is 9. The van der Waals surface area contributed by atoms with E-state index in [9.17, 15) is 9.90 Å². The molecule has 2 fully saturated rings. The number of hydrogen-bond acceptors (Lipinski definition) is 3. The molecule has 162 valence electrons. The first-order valence-corrected chi connectivity index (χ1v) is 11.6. The van der Waals surface area contributed by atoms with Gasteiger partial charge in [0.1, 0.15) is 0 Å². The smallest absolute Gasteiger partial charge is 0.252 e. The third-order valence-corrected chi connectivity index (χ3v) is 7.23. The first-order valence-electron chi connectivity index (χ1n) is 11.3. The Morgan fingerprint density at radius 1 is 1.28 bits per heavy atom. The third-order valence-electron chi connectivity index (χ3n) is 6.90. The predicted octanol–water partition coefficient (Wildman–Crippen LogP) is 4.72. The fourth-order valence-corrected chi connectivity index (χ4v) is 5.31. The molecule has 3 N–H and O–H groups in total. The highest BCUT2D eigenvalue weighted by atomic mass is 35.5. The largest absolute Gasteiger partial charge is 0.394 e. The number of halogens is 1. The van der Waals surface area contributed by atoms with Crippen LogP contribution in [0.1, 0.15) is 81.1 Å². The van der Waals surface area contributed by atoms with Crippen LogP contribution in [0.5, 0.6) is 0 Å². The van der Waals surface area contributed by atoms with Gasteiger partial charge in [0.25, 0.3) is 5.91 Å². The Bertz CT molecular complexity index is 694. The van der Waals surface area contributed by atoms with E-state index in [1.165, 1.54) is 44.9 Å². The van der Waals surface area contributed by atoms with Crippen molar-refractivity contribution in [2.24, 2.45) is 11.3 Å². The summed E-state index contributed by atoms with van der Waals surface area (Å²) in [4.78, 5) is 12.9. The lowest BCUT2D eigenvalue weighted by Crippen LogP contribution is -2.43. The Kier molecular flexibility index (Phi) is 7.63. The SMILES string of the molecule is CC(C)(CO)NCCCc1ccc(Cl)c(C(=O)NCC23CCCC(CCC2)C3)c1. The highest BCUT2D eigenvalue weighted by Gasteiger charge is 2.39. The number of carbonyl (C=O) groups is 1. The van der Waals surface area contributed by atoms with Gasteiger partial charge in [-0.3, -0.25) is 4.79 Å². The third kappa shape index (κ3) is 6.19. The molecule has 2 aliphatic carbocycles. The highest BCUT2D eigenvalue weighted by molar-refractivity contribution is 6.33. The van der Waals surface area contributed by atoms with Crippen LogP contribution in [-0.2, 0) is 6.42 Å². The molecule has 0 unspecified atom stereocenters. The second-order valence-corrected chi connectivity index (χ2v) is 10.3. The lowest BCUT2D eigenvalue weighted by Gasteiger charge is -2.45. The molecule has 3 rings (SSSR count). The van der Waals surface area contributed by atoms with E-state index in [4.69, 9.17) is 11.6 Å². The van der Waals surface area contributed by atoms with E-state index >= 15 is 0 Å². The van der Waals surface area contributed by atoms with Crippen molar-refractivity contribution in [1.82, 2.24) is 10.6 Å². The number of hydrogen-bond donors (Lipinski definition) is 3. The average molecular weight is 421 g/mol. The maximum atomic E-state index is 12.9. The van der Waals surface area contributed by atoms with Gasteiger partial charge in [-0.05, 0) is 81.5 Å². The van der Waals surface area contributed by atoms with Gasteiger partial charge in [-0.15, -0.1) is 0 Å². The lowest BCUT2D eigenvalue weighted by molar-refractivity contribution is 0.0681. The fraction of sp³-hybridized carbons (Fsp3) is 0.708. The van der Waals surface area contributed by atoms with Gasteiger partial charge in [0.05, 0.1) is 17.2 Å². The zero-order valence-corrected chi connectivity index (χ0v) is 18.8. The number of aryl methyl sites for hydroxylation is 1. The monoisotopic (exact) mass is 420 g/mol. The number of nitrogens with one attached hydrogen (secondary N) is 2. The normalized spacial score (nSPS) is 24.3. The number of aliphatic hydroxyl groups excluding tert-OH is 1. The zero-order valence-electron chi connectivity index (χ0n) is 18.0. The molecule has 0 atom stereocenters. The summed E-state index contributed by atoms with van der Waals surface area (Å²) in [6.45, 7) is 5.68. The molecule has 5 heteroatoms. The molecular formula is C24H37ClN2O2. The molecule has 1 aromatic carbocycles. The summed E-state index contributed by atoms with van der Waals surface area (Å²) in [5, 5.41) is 16.4. The van der Waals surface area contributed by atoms with Crippen LogP contribution in [0, 0.1) is 11.3 Å². The van der Waals surface area contributed by atoms with Gasteiger partial charge in [0.2, 0.25) is 0 Å². The van der Waals surface area contributed by atoms with Gasteiger partial charge in [-0.1, -0.05) is 43.4 Å². The van der Waals surface area contributed by atoms with Gasteiger partial charge in [0, 0.05) is 12.1 Å². The topological polar surface area (TPSA) is 61.4 Å². The number of carbonyl (C=O) groups excluding carboxylic acids is 1. The number of fused-ring (bicyclic) bond motifs is 2. The van der Waals surface area contributed by atoms with E-state index in [0.29, 0.717) is 16.0 Å². The predicted molar refractivity (Wildman–Crippen MR) is 120 cm³/mol. The van der Waals surface area contributed by atoms with Crippen molar-refractivity contribution in [2.45, 2.75) is 77.2 Å². The number of aliphatic hydroxyl groups is 1. The fourth-order valence-electron chi connectivity index (χ4n) is 5.11. The summed E-state index contributed by atoms with van der Waals surface area (Å²) in [6.07, 6.45) is 10.9. The standard InChI is InChI=1S/C24H37ClN2O2/c1-23(2,17-28)27-13-5-8-18-9-10-21(25)20(14-18)22(29)26-16-24-11-3-6-19(15-24)7-4-12-24/h9-10,14,19,27-28H,3-8,11-13,15-17H2,1-2H3,(H,26,29). The van der Waals surface area contributed by atoms with Crippen molar-refractivity contribution in [3.05, 3.63) is 34.3 Å². The average Bonchev–Trinajstić information content (AvgIpc) is 2.71. The van der Waals surface area contributed by atoms with Crippen LogP contribution in [0.3, 0.4) is 0 Å². The van der Waals surface area contributed by atoms with Crippen LogP contribution < -0.4 is 10.6 Å². The molecule has 0 radical (unpaired) electrons. The minimum absolute atomic E-state index is 0.0431.